The van der Waals surface area contributed by atoms with Crippen molar-refractivity contribution in [3.63, 3.8) is 0 Å². The van der Waals surface area contributed by atoms with Gasteiger partial charge in [0.15, 0.2) is 0 Å². The Balaban J connectivity index is 1.48. The Labute approximate surface area is 220 Å². The highest BCUT2D eigenvalue weighted by Gasteiger charge is 2.24. The van der Waals surface area contributed by atoms with E-state index in [1.165, 1.54) is 38.6 Å². The number of nitrogens with one attached hydrogen (secondary N) is 1. The van der Waals surface area contributed by atoms with Crippen LogP contribution in [0.3, 0.4) is 0 Å². The van der Waals surface area contributed by atoms with Crippen LogP contribution in [0.5, 0.6) is 5.75 Å². The summed E-state index contributed by atoms with van der Waals surface area (Å²) in [5.41, 5.74) is 6.98. The standard InChI is InChI=1S/C35H33NO/c1-4-35(2,36-32-20-22-33(37-3)23-21-32)31-18-14-26(15-19-31)24-34(28-11-6-5-7-12-28)30-17-16-27-10-8-9-13-29(27)25-30/h5-25,36H,4H2,1-3H3. The molecule has 0 fully saturated rings. The summed E-state index contributed by atoms with van der Waals surface area (Å²) in [7, 11) is 1.69. The highest BCUT2D eigenvalue weighted by molar-refractivity contribution is 5.95. The average molecular weight is 484 g/mol. The molecular formula is C35H33NO. The van der Waals surface area contributed by atoms with E-state index in [1.807, 2.05) is 12.1 Å². The minimum atomic E-state index is -0.183. The molecule has 0 aliphatic carbocycles. The fourth-order valence-electron chi connectivity index (χ4n) is 4.78. The van der Waals surface area contributed by atoms with Gasteiger partial charge in [0.1, 0.15) is 5.75 Å². The number of benzene rings is 5. The summed E-state index contributed by atoms with van der Waals surface area (Å²) < 4.78 is 5.31. The third-order valence-electron chi connectivity index (χ3n) is 7.22. The first-order valence-electron chi connectivity index (χ1n) is 12.9. The number of methoxy groups -OCH3 is 1. The molecule has 0 spiro atoms. The Kier molecular flexibility index (Phi) is 7.09. The van der Waals surface area contributed by atoms with Crippen LogP contribution in [0.2, 0.25) is 0 Å². The fraction of sp³-hybridized carbons (Fsp3) is 0.143. The molecule has 5 rings (SSSR count). The van der Waals surface area contributed by atoms with Crippen molar-refractivity contribution in [2.24, 2.45) is 0 Å². The van der Waals surface area contributed by atoms with Gasteiger partial charge >= 0.3 is 0 Å². The van der Waals surface area contributed by atoms with E-state index >= 15 is 0 Å². The largest absolute Gasteiger partial charge is 0.497 e. The molecule has 0 saturated heterocycles. The van der Waals surface area contributed by atoms with E-state index in [0.29, 0.717) is 0 Å². The second-order valence-electron chi connectivity index (χ2n) is 9.65. The van der Waals surface area contributed by atoms with Crippen LogP contribution in [0, 0.1) is 0 Å². The average Bonchev–Trinajstić information content (AvgIpc) is 2.96. The van der Waals surface area contributed by atoms with Crippen molar-refractivity contribution in [1.29, 1.82) is 0 Å². The van der Waals surface area contributed by atoms with Gasteiger partial charge in [-0.05, 0) is 88.4 Å². The summed E-state index contributed by atoms with van der Waals surface area (Å²) in [4.78, 5) is 0. The van der Waals surface area contributed by atoms with Crippen LogP contribution in [0.4, 0.5) is 5.69 Å². The molecule has 0 bridgehead atoms. The van der Waals surface area contributed by atoms with Crippen molar-refractivity contribution in [3.8, 4) is 5.75 Å². The lowest BCUT2D eigenvalue weighted by Crippen LogP contribution is -2.31. The molecule has 5 aromatic rings. The van der Waals surface area contributed by atoms with Crippen molar-refractivity contribution in [2.75, 3.05) is 12.4 Å². The van der Waals surface area contributed by atoms with Gasteiger partial charge in [0.05, 0.1) is 12.6 Å². The summed E-state index contributed by atoms with van der Waals surface area (Å²) >= 11 is 0. The molecule has 37 heavy (non-hydrogen) atoms. The summed E-state index contributed by atoms with van der Waals surface area (Å²) in [5.74, 6) is 0.862. The molecule has 1 unspecified atom stereocenters. The van der Waals surface area contributed by atoms with Crippen LogP contribution in [0.15, 0.2) is 121 Å². The van der Waals surface area contributed by atoms with E-state index in [4.69, 9.17) is 4.74 Å². The molecule has 0 aliphatic rings. The lowest BCUT2D eigenvalue weighted by Gasteiger charge is -2.32. The van der Waals surface area contributed by atoms with E-state index in [2.05, 4.69) is 134 Å². The third-order valence-corrected chi connectivity index (χ3v) is 7.22. The maximum Gasteiger partial charge on any atom is 0.119 e. The highest BCUT2D eigenvalue weighted by atomic mass is 16.5. The molecule has 5 aromatic carbocycles. The molecule has 0 aromatic heterocycles. The van der Waals surface area contributed by atoms with Gasteiger partial charge in [-0.1, -0.05) is 97.9 Å². The van der Waals surface area contributed by atoms with Gasteiger partial charge in [-0.25, -0.2) is 0 Å². The van der Waals surface area contributed by atoms with Crippen molar-refractivity contribution in [2.45, 2.75) is 25.8 Å². The summed E-state index contributed by atoms with van der Waals surface area (Å²) in [6, 6.07) is 42.9. The van der Waals surface area contributed by atoms with Crippen molar-refractivity contribution in [3.05, 3.63) is 144 Å². The normalized spacial score (nSPS) is 13.2. The van der Waals surface area contributed by atoms with Gasteiger partial charge < -0.3 is 10.1 Å². The molecule has 2 heteroatoms. The zero-order valence-electron chi connectivity index (χ0n) is 21.7. The third kappa shape index (κ3) is 5.44. The first-order chi connectivity index (χ1) is 18.1. The van der Waals surface area contributed by atoms with E-state index < -0.39 is 0 Å². The van der Waals surface area contributed by atoms with Crippen LogP contribution in [0.25, 0.3) is 22.4 Å². The van der Waals surface area contributed by atoms with Crippen molar-refractivity contribution < 1.29 is 4.74 Å². The zero-order chi connectivity index (χ0) is 25.7. The van der Waals surface area contributed by atoms with Crippen molar-refractivity contribution >= 4 is 28.1 Å². The SMILES string of the molecule is CCC(C)(Nc1ccc(OC)cc1)c1ccc(C=C(c2ccccc2)c2ccc3ccccc3c2)cc1. The second-order valence-corrected chi connectivity index (χ2v) is 9.65. The Bertz CT molecular complexity index is 1500. The molecule has 0 heterocycles. The van der Waals surface area contributed by atoms with Gasteiger partial charge in [-0.3, -0.25) is 0 Å². The topological polar surface area (TPSA) is 21.3 Å². The second kappa shape index (κ2) is 10.8. The molecule has 1 N–H and O–H groups in total. The lowest BCUT2D eigenvalue weighted by atomic mass is 9.87. The molecule has 0 amide bonds. The van der Waals surface area contributed by atoms with Crippen LogP contribution >= 0.6 is 0 Å². The van der Waals surface area contributed by atoms with Gasteiger partial charge in [0.2, 0.25) is 0 Å². The lowest BCUT2D eigenvalue weighted by molar-refractivity contribution is 0.415. The fourth-order valence-corrected chi connectivity index (χ4v) is 4.78. The Hall–Kier alpha value is -4.30. The molecule has 0 saturated carbocycles. The van der Waals surface area contributed by atoms with Crippen LogP contribution < -0.4 is 10.1 Å². The van der Waals surface area contributed by atoms with Gasteiger partial charge in [-0.15, -0.1) is 0 Å². The smallest absolute Gasteiger partial charge is 0.119 e. The number of fused-ring (bicyclic) bond motifs is 1. The van der Waals surface area contributed by atoms with Crippen molar-refractivity contribution in [1.82, 2.24) is 0 Å². The summed E-state index contributed by atoms with van der Waals surface area (Å²) in [5, 5.41) is 6.24. The summed E-state index contributed by atoms with van der Waals surface area (Å²) in [6.07, 6.45) is 3.25. The Morgan fingerprint density at radius 1 is 0.730 bits per heavy atom. The first kappa shape index (κ1) is 24.4. The van der Waals surface area contributed by atoms with Crippen LogP contribution in [0.1, 0.15) is 42.5 Å². The molecular weight excluding hydrogens is 450 g/mol. The number of hydrogen-bond acceptors (Lipinski definition) is 2. The minimum absolute atomic E-state index is 0.183. The number of rotatable bonds is 8. The maximum absolute atomic E-state index is 5.31. The first-order valence-corrected chi connectivity index (χ1v) is 12.9. The van der Waals surface area contributed by atoms with Gasteiger partial charge in [-0.2, -0.15) is 0 Å². The van der Waals surface area contributed by atoms with Crippen LogP contribution in [-0.2, 0) is 5.54 Å². The minimum Gasteiger partial charge on any atom is -0.497 e. The predicted octanol–water partition coefficient (Wildman–Crippen LogP) is 9.17. The molecule has 184 valence electrons. The number of ether oxygens (including phenoxy) is 1. The monoisotopic (exact) mass is 483 g/mol. The summed E-state index contributed by atoms with van der Waals surface area (Å²) in [6.45, 7) is 4.48. The van der Waals surface area contributed by atoms with E-state index in [-0.39, 0.29) is 5.54 Å². The Morgan fingerprint density at radius 3 is 2.08 bits per heavy atom. The zero-order valence-corrected chi connectivity index (χ0v) is 21.7. The van der Waals surface area contributed by atoms with Gasteiger partial charge in [0, 0.05) is 5.69 Å². The molecule has 0 radical (unpaired) electrons. The molecule has 0 aliphatic heterocycles. The highest BCUT2D eigenvalue weighted by Crippen LogP contribution is 2.32. The molecule has 2 nitrogen and oxygen atoms in total. The quantitative estimate of drug-likeness (QED) is 0.222. The van der Waals surface area contributed by atoms with E-state index in [1.54, 1.807) is 7.11 Å². The predicted molar refractivity (Wildman–Crippen MR) is 158 cm³/mol. The van der Waals surface area contributed by atoms with E-state index in [9.17, 15) is 0 Å². The number of anilines is 1. The maximum atomic E-state index is 5.31. The van der Waals surface area contributed by atoms with E-state index in [0.717, 1.165) is 17.9 Å². The Morgan fingerprint density at radius 2 is 1.41 bits per heavy atom. The van der Waals surface area contributed by atoms with Gasteiger partial charge in [0.25, 0.3) is 0 Å². The van der Waals surface area contributed by atoms with Crippen LogP contribution in [-0.4, -0.2) is 7.11 Å². The number of hydrogen-bond donors (Lipinski definition) is 1. The molecule has 1 atom stereocenters.